The van der Waals surface area contributed by atoms with Crippen molar-refractivity contribution in [1.29, 1.82) is 0 Å². The van der Waals surface area contributed by atoms with Crippen LogP contribution in [0, 0.1) is 13.8 Å². The molecule has 0 bridgehead atoms. The van der Waals surface area contributed by atoms with Crippen LogP contribution in [0.25, 0.3) is 5.00 Å². The fourth-order valence-electron chi connectivity index (χ4n) is 4.25. The molecule has 0 saturated carbocycles. The molecule has 178 valence electrons. The zero-order valence-corrected chi connectivity index (χ0v) is 20.2. The van der Waals surface area contributed by atoms with Crippen LogP contribution < -0.4 is 14.9 Å². The van der Waals surface area contributed by atoms with Crippen molar-refractivity contribution < 1.29 is 24.2 Å². The van der Waals surface area contributed by atoms with Crippen molar-refractivity contribution in [3.63, 3.8) is 0 Å². The highest BCUT2D eigenvalue weighted by molar-refractivity contribution is 7.15. The molecule has 1 amide bonds. The summed E-state index contributed by atoms with van der Waals surface area (Å²) in [5.74, 6) is -0.280. The largest absolute Gasteiger partial charge is 0.493 e. The van der Waals surface area contributed by atoms with Gasteiger partial charge in [-0.1, -0.05) is 12.1 Å². The molecule has 34 heavy (non-hydrogen) atoms. The van der Waals surface area contributed by atoms with Gasteiger partial charge in [0.15, 0.2) is 18.1 Å². The van der Waals surface area contributed by atoms with Crippen LogP contribution in [0.3, 0.4) is 0 Å². The van der Waals surface area contributed by atoms with Gasteiger partial charge < -0.3 is 19.1 Å². The van der Waals surface area contributed by atoms with E-state index in [1.807, 2.05) is 30.5 Å². The Morgan fingerprint density at radius 2 is 1.94 bits per heavy atom. The van der Waals surface area contributed by atoms with Crippen molar-refractivity contribution >= 4 is 29.4 Å². The van der Waals surface area contributed by atoms with E-state index >= 15 is 0 Å². The number of carbonyl (C=O) groups is 2. The monoisotopic (exact) mass is 481 g/mol. The summed E-state index contributed by atoms with van der Waals surface area (Å²) in [6.45, 7) is 3.65. The third kappa shape index (κ3) is 4.70. The number of carboxylic acids is 1. The number of para-hydroxylation sites is 2. The van der Waals surface area contributed by atoms with Gasteiger partial charge in [0.05, 0.1) is 18.9 Å². The summed E-state index contributed by atoms with van der Waals surface area (Å²) in [7, 11) is 1.54. The molecule has 2 aromatic heterocycles. The average Bonchev–Trinajstić information content (AvgIpc) is 3.34. The number of benzene rings is 1. The second-order valence-corrected chi connectivity index (χ2v) is 9.17. The number of nitrogens with one attached hydrogen (secondary N) is 1. The number of aromatic carboxylic acids is 1. The second kappa shape index (κ2) is 10.1. The highest BCUT2D eigenvalue weighted by Gasteiger charge is 2.27. The molecule has 0 radical (unpaired) electrons. The van der Waals surface area contributed by atoms with Gasteiger partial charge in [-0.3, -0.25) is 4.79 Å². The Balaban J connectivity index is 1.49. The molecule has 0 aliphatic heterocycles. The summed E-state index contributed by atoms with van der Waals surface area (Å²) in [4.78, 5) is 25.4. The quantitative estimate of drug-likeness (QED) is 0.370. The van der Waals surface area contributed by atoms with Crippen molar-refractivity contribution in [3.8, 4) is 16.5 Å². The zero-order chi connectivity index (χ0) is 24.2. The van der Waals surface area contributed by atoms with Crippen molar-refractivity contribution in [2.45, 2.75) is 39.5 Å². The molecule has 9 heteroatoms. The Kier molecular flexibility index (Phi) is 7.02. The number of hydrogen-bond donors (Lipinski definition) is 2. The highest BCUT2D eigenvalue weighted by Crippen LogP contribution is 2.38. The highest BCUT2D eigenvalue weighted by atomic mass is 32.1. The Labute approximate surface area is 201 Å². The van der Waals surface area contributed by atoms with Crippen LogP contribution in [0.1, 0.15) is 50.6 Å². The molecule has 0 fully saturated rings. The lowest BCUT2D eigenvalue weighted by atomic mass is 9.95. The molecule has 1 aliphatic carbocycles. The molecule has 2 N–H and O–H groups in total. The van der Waals surface area contributed by atoms with Gasteiger partial charge in [0.1, 0.15) is 5.00 Å². The Bertz CT molecular complexity index is 1260. The van der Waals surface area contributed by atoms with E-state index in [-0.39, 0.29) is 6.61 Å². The van der Waals surface area contributed by atoms with Crippen molar-refractivity contribution in [2.75, 3.05) is 13.7 Å². The van der Waals surface area contributed by atoms with Crippen molar-refractivity contribution in [2.24, 2.45) is 5.10 Å². The number of carboxylic acid groups (broad SMARTS) is 1. The van der Waals surface area contributed by atoms with Gasteiger partial charge >= 0.3 is 5.97 Å². The Morgan fingerprint density at radius 3 is 2.68 bits per heavy atom. The van der Waals surface area contributed by atoms with E-state index in [1.165, 1.54) is 12.0 Å². The molecule has 2 heterocycles. The summed E-state index contributed by atoms with van der Waals surface area (Å²) in [6.07, 6.45) is 5.41. The number of ether oxygens (including phenoxy) is 2. The van der Waals surface area contributed by atoms with Gasteiger partial charge in [0.2, 0.25) is 0 Å². The first-order valence-corrected chi connectivity index (χ1v) is 11.9. The van der Waals surface area contributed by atoms with E-state index in [0.717, 1.165) is 53.2 Å². The Morgan fingerprint density at radius 1 is 1.21 bits per heavy atom. The number of hydrazone groups is 1. The van der Waals surface area contributed by atoms with E-state index in [2.05, 4.69) is 10.5 Å². The average molecular weight is 482 g/mol. The predicted molar refractivity (Wildman–Crippen MR) is 131 cm³/mol. The number of thiophene rings is 1. The number of carbonyl (C=O) groups excluding carboxylic acids is 1. The summed E-state index contributed by atoms with van der Waals surface area (Å²) in [5.41, 5.74) is 6.42. The maximum Gasteiger partial charge on any atom is 0.339 e. The fraction of sp³-hybridized carbons (Fsp3) is 0.320. The summed E-state index contributed by atoms with van der Waals surface area (Å²) in [5, 5.41) is 14.7. The smallest absolute Gasteiger partial charge is 0.339 e. The zero-order valence-electron chi connectivity index (χ0n) is 19.4. The van der Waals surface area contributed by atoms with E-state index in [4.69, 9.17) is 9.47 Å². The minimum absolute atomic E-state index is 0.209. The van der Waals surface area contributed by atoms with Crippen LogP contribution in [0.2, 0.25) is 0 Å². The molecular weight excluding hydrogens is 454 g/mol. The molecule has 3 aromatic rings. The number of rotatable bonds is 8. The maximum atomic E-state index is 12.2. The normalized spacial score (nSPS) is 13.0. The topological polar surface area (TPSA) is 102 Å². The van der Waals surface area contributed by atoms with Crippen LogP contribution in [-0.4, -0.2) is 41.5 Å². The minimum Gasteiger partial charge on any atom is -0.493 e. The number of amides is 1. The minimum atomic E-state index is -0.889. The standard InChI is InChI=1S/C25H27N3O5S/c1-15-12-17(13-26-27-22(29)14-33-20-10-6-5-9-19(20)32-3)16(2)28(15)24-23(25(30)31)18-8-4-7-11-21(18)34-24/h5-6,9-10,12-13H,4,7-8,11,14H2,1-3H3,(H,27,29)(H,30,31)/b26-13+. The van der Waals surface area contributed by atoms with Gasteiger partial charge in [0.25, 0.3) is 5.91 Å². The molecule has 0 atom stereocenters. The molecule has 0 saturated heterocycles. The lowest BCUT2D eigenvalue weighted by Gasteiger charge is -2.11. The van der Waals surface area contributed by atoms with Crippen LogP contribution in [-0.2, 0) is 17.6 Å². The van der Waals surface area contributed by atoms with Gasteiger partial charge in [-0.2, -0.15) is 5.10 Å². The van der Waals surface area contributed by atoms with Crippen LogP contribution in [0.15, 0.2) is 35.4 Å². The first-order valence-electron chi connectivity index (χ1n) is 11.1. The first kappa shape index (κ1) is 23.6. The lowest BCUT2D eigenvalue weighted by molar-refractivity contribution is -0.123. The number of hydrogen-bond acceptors (Lipinski definition) is 6. The number of methoxy groups -OCH3 is 1. The molecule has 0 unspecified atom stereocenters. The van der Waals surface area contributed by atoms with E-state index in [9.17, 15) is 14.7 Å². The van der Waals surface area contributed by atoms with E-state index in [0.29, 0.717) is 17.1 Å². The predicted octanol–water partition coefficient (Wildman–Crippen LogP) is 4.27. The van der Waals surface area contributed by atoms with Crippen molar-refractivity contribution in [3.05, 3.63) is 63.3 Å². The molecule has 0 spiro atoms. The number of aryl methyl sites for hydroxylation is 2. The third-order valence-corrected chi connectivity index (χ3v) is 7.14. The van der Waals surface area contributed by atoms with E-state index in [1.54, 1.807) is 35.8 Å². The molecule has 4 rings (SSSR count). The SMILES string of the molecule is COc1ccccc1OCC(=O)N/N=C/c1cc(C)n(-c2sc3c(c2C(=O)O)CCCC3)c1C. The van der Waals surface area contributed by atoms with Crippen LogP contribution >= 0.6 is 11.3 Å². The molecular formula is C25H27N3O5S. The first-order chi connectivity index (χ1) is 16.4. The number of fused-ring (bicyclic) bond motifs is 1. The van der Waals surface area contributed by atoms with Crippen molar-refractivity contribution in [1.82, 2.24) is 9.99 Å². The van der Waals surface area contributed by atoms with E-state index < -0.39 is 11.9 Å². The summed E-state index contributed by atoms with van der Waals surface area (Å²) >= 11 is 1.56. The van der Waals surface area contributed by atoms with Gasteiger partial charge in [0, 0.05) is 21.8 Å². The lowest BCUT2D eigenvalue weighted by Crippen LogP contribution is -2.24. The fourth-order valence-corrected chi connectivity index (χ4v) is 5.74. The maximum absolute atomic E-state index is 12.2. The third-order valence-electron chi connectivity index (χ3n) is 5.86. The van der Waals surface area contributed by atoms with Crippen LogP contribution in [0.5, 0.6) is 11.5 Å². The molecule has 1 aromatic carbocycles. The number of nitrogens with zero attached hydrogens (tertiary/aromatic N) is 2. The summed E-state index contributed by atoms with van der Waals surface area (Å²) < 4.78 is 12.7. The Hall–Kier alpha value is -3.59. The molecule has 1 aliphatic rings. The van der Waals surface area contributed by atoms with Gasteiger partial charge in [-0.05, 0) is 63.3 Å². The second-order valence-electron chi connectivity index (χ2n) is 8.09. The van der Waals surface area contributed by atoms with Gasteiger partial charge in [-0.15, -0.1) is 11.3 Å². The summed E-state index contributed by atoms with van der Waals surface area (Å²) in [6, 6.07) is 9.01. The van der Waals surface area contributed by atoms with Gasteiger partial charge in [-0.25, -0.2) is 10.2 Å². The van der Waals surface area contributed by atoms with Crippen LogP contribution in [0.4, 0.5) is 0 Å². The number of aromatic nitrogens is 1. The molecule has 8 nitrogen and oxygen atoms in total.